The second kappa shape index (κ2) is 7.59. The fourth-order valence-electron chi connectivity index (χ4n) is 2.54. The van der Waals surface area contributed by atoms with Crippen LogP contribution >= 0.6 is 23.1 Å². The third-order valence-corrected chi connectivity index (χ3v) is 5.94. The van der Waals surface area contributed by atoms with Gasteiger partial charge in [-0.05, 0) is 51.0 Å². The molecule has 3 heterocycles. The molecular formula is C18H19N3O3S2. The van der Waals surface area contributed by atoms with Crippen molar-refractivity contribution in [3.05, 3.63) is 44.7 Å². The molecule has 0 aromatic carbocycles. The van der Waals surface area contributed by atoms with E-state index in [4.69, 9.17) is 4.74 Å². The zero-order valence-electron chi connectivity index (χ0n) is 15.0. The molecule has 6 nitrogen and oxygen atoms in total. The lowest BCUT2D eigenvalue weighted by atomic mass is 10.2. The average Bonchev–Trinajstić information content (AvgIpc) is 2.88. The van der Waals surface area contributed by atoms with E-state index in [0.29, 0.717) is 27.8 Å². The van der Waals surface area contributed by atoms with E-state index in [1.807, 2.05) is 32.9 Å². The molecule has 0 amide bonds. The molecule has 3 aromatic rings. The molecule has 0 bridgehead atoms. The zero-order valence-corrected chi connectivity index (χ0v) is 16.7. The highest BCUT2D eigenvalue weighted by atomic mass is 32.2. The van der Waals surface area contributed by atoms with Gasteiger partial charge in [-0.25, -0.2) is 14.5 Å². The van der Waals surface area contributed by atoms with Gasteiger partial charge in [0, 0.05) is 11.1 Å². The molecule has 3 aromatic heterocycles. The van der Waals surface area contributed by atoms with Gasteiger partial charge in [0.05, 0.1) is 17.7 Å². The van der Waals surface area contributed by atoms with Crippen LogP contribution in [0.5, 0.6) is 0 Å². The highest BCUT2D eigenvalue weighted by Gasteiger charge is 2.19. The Hall–Kier alpha value is -2.19. The molecule has 0 fully saturated rings. The Morgan fingerprint density at radius 3 is 2.81 bits per heavy atom. The van der Waals surface area contributed by atoms with Crippen LogP contribution in [-0.2, 0) is 9.53 Å². The lowest BCUT2D eigenvalue weighted by molar-refractivity contribution is -0.139. The first kappa shape index (κ1) is 18.6. The predicted molar refractivity (Wildman–Crippen MR) is 105 cm³/mol. The van der Waals surface area contributed by atoms with E-state index in [1.165, 1.54) is 27.7 Å². The van der Waals surface area contributed by atoms with Gasteiger partial charge in [-0.15, -0.1) is 11.3 Å². The Balaban J connectivity index is 2.19. The molecule has 0 spiro atoms. The van der Waals surface area contributed by atoms with Gasteiger partial charge in [-0.2, -0.15) is 0 Å². The van der Waals surface area contributed by atoms with Crippen molar-refractivity contribution in [2.24, 2.45) is 0 Å². The first-order chi connectivity index (χ1) is 12.4. The number of pyridine rings is 1. The molecule has 0 aliphatic rings. The van der Waals surface area contributed by atoms with Crippen LogP contribution in [0.25, 0.3) is 16.0 Å². The van der Waals surface area contributed by atoms with Crippen molar-refractivity contribution in [2.45, 2.75) is 32.9 Å². The second-order valence-electron chi connectivity index (χ2n) is 5.78. The highest BCUT2D eigenvalue weighted by molar-refractivity contribution is 7.99. The standard InChI is InChI=1S/C18H19N3O3S2/c1-5-24-14(22)9-25-18-20-16-15(11(3)12(4)26-16)17(23)21(18)13-8-10(2)6-7-19-13/h6-8H,5,9H2,1-4H3. The Kier molecular flexibility index (Phi) is 5.43. The fourth-order valence-corrected chi connectivity index (χ4v) is 4.41. The van der Waals surface area contributed by atoms with E-state index < -0.39 is 0 Å². The molecule has 0 saturated carbocycles. The number of ether oxygens (including phenoxy) is 1. The van der Waals surface area contributed by atoms with Crippen LogP contribution in [0.2, 0.25) is 0 Å². The quantitative estimate of drug-likeness (QED) is 0.378. The number of hydrogen-bond acceptors (Lipinski definition) is 7. The van der Waals surface area contributed by atoms with E-state index in [9.17, 15) is 9.59 Å². The topological polar surface area (TPSA) is 74.1 Å². The van der Waals surface area contributed by atoms with E-state index >= 15 is 0 Å². The number of esters is 1. The van der Waals surface area contributed by atoms with Crippen LogP contribution in [0.1, 0.15) is 22.9 Å². The smallest absolute Gasteiger partial charge is 0.316 e. The number of rotatable bonds is 5. The summed E-state index contributed by atoms with van der Waals surface area (Å²) in [6, 6.07) is 3.70. The van der Waals surface area contributed by atoms with Crippen LogP contribution in [0.15, 0.2) is 28.3 Å². The number of aryl methyl sites for hydroxylation is 3. The zero-order chi connectivity index (χ0) is 18.8. The minimum atomic E-state index is -0.339. The maximum Gasteiger partial charge on any atom is 0.316 e. The summed E-state index contributed by atoms with van der Waals surface area (Å²) in [7, 11) is 0. The monoisotopic (exact) mass is 389 g/mol. The Labute approximate surface area is 159 Å². The third-order valence-electron chi connectivity index (χ3n) is 3.93. The van der Waals surface area contributed by atoms with Gasteiger partial charge in [0.2, 0.25) is 0 Å². The summed E-state index contributed by atoms with van der Waals surface area (Å²) in [5.74, 6) is 0.245. The molecule has 0 aliphatic carbocycles. The summed E-state index contributed by atoms with van der Waals surface area (Å²) in [6.07, 6.45) is 1.66. The van der Waals surface area contributed by atoms with Crippen LogP contribution in [0.3, 0.4) is 0 Å². The molecule has 0 N–H and O–H groups in total. The van der Waals surface area contributed by atoms with Crippen molar-refractivity contribution in [3.8, 4) is 5.82 Å². The fraction of sp³-hybridized carbons (Fsp3) is 0.333. The maximum absolute atomic E-state index is 13.2. The lowest BCUT2D eigenvalue weighted by Gasteiger charge is -2.11. The van der Waals surface area contributed by atoms with Crippen molar-refractivity contribution in [1.29, 1.82) is 0 Å². The lowest BCUT2D eigenvalue weighted by Crippen LogP contribution is -2.23. The minimum absolute atomic E-state index is 0.0843. The van der Waals surface area contributed by atoms with Gasteiger partial charge in [-0.3, -0.25) is 9.59 Å². The molecule has 0 atom stereocenters. The summed E-state index contributed by atoms with van der Waals surface area (Å²) in [5.41, 5.74) is 1.76. The van der Waals surface area contributed by atoms with Crippen LogP contribution in [0.4, 0.5) is 0 Å². The summed E-state index contributed by atoms with van der Waals surface area (Å²) in [5, 5.41) is 1.05. The van der Waals surface area contributed by atoms with E-state index in [1.54, 1.807) is 13.1 Å². The Bertz CT molecular complexity index is 1040. The van der Waals surface area contributed by atoms with Crippen molar-refractivity contribution < 1.29 is 9.53 Å². The van der Waals surface area contributed by atoms with Crippen LogP contribution in [0, 0.1) is 20.8 Å². The number of thiophene rings is 1. The van der Waals surface area contributed by atoms with Gasteiger partial charge in [-0.1, -0.05) is 11.8 Å². The molecule has 0 aliphatic heterocycles. The van der Waals surface area contributed by atoms with Crippen LogP contribution < -0.4 is 5.56 Å². The van der Waals surface area contributed by atoms with Crippen molar-refractivity contribution in [1.82, 2.24) is 14.5 Å². The highest BCUT2D eigenvalue weighted by Crippen LogP contribution is 2.29. The predicted octanol–water partition coefficient (Wildman–Crippen LogP) is 3.42. The average molecular weight is 390 g/mol. The minimum Gasteiger partial charge on any atom is -0.465 e. The van der Waals surface area contributed by atoms with Gasteiger partial charge >= 0.3 is 5.97 Å². The molecule has 8 heteroatoms. The SMILES string of the molecule is CCOC(=O)CSc1nc2sc(C)c(C)c2c(=O)n1-c1cc(C)ccn1. The molecule has 0 saturated heterocycles. The third kappa shape index (κ3) is 3.52. The maximum atomic E-state index is 13.2. The van der Waals surface area contributed by atoms with Crippen LogP contribution in [-0.4, -0.2) is 32.9 Å². The van der Waals surface area contributed by atoms with Crippen molar-refractivity contribution >= 4 is 39.3 Å². The summed E-state index contributed by atoms with van der Waals surface area (Å²) >= 11 is 2.67. The van der Waals surface area contributed by atoms with Crippen molar-refractivity contribution in [3.63, 3.8) is 0 Å². The molecule has 0 radical (unpaired) electrons. The van der Waals surface area contributed by atoms with Gasteiger partial charge in [0.15, 0.2) is 5.16 Å². The number of carbonyl (C=O) groups excluding carboxylic acids is 1. The number of carbonyl (C=O) groups is 1. The second-order valence-corrected chi connectivity index (χ2v) is 7.93. The molecule has 0 unspecified atom stereocenters. The Morgan fingerprint density at radius 2 is 2.12 bits per heavy atom. The number of fused-ring (bicyclic) bond motifs is 1. The number of hydrogen-bond donors (Lipinski definition) is 0. The summed E-state index contributed by atoms with van der Waals surface area (Å²) in [4.78, 5) is 35.7. The van der Waals surface area contributed by atoms with Gasteiger partial charge < -0.3 is 4.74 Å². The molecule has 3 rings (SSSR count). The van der Waals surface area contributed by atoms with Gasteiger partial charge in [0.25, 0.3) is 5.56 Å². The Morgan fingerprint density at radius 1 is 1.35 bits per heavy atom. The summed E-state index contributed by atoms with van der Waals surface area (Å²) < 4.78 is 6.47. The number of aromatic nitrogens is 3. The normalized spacial score (nSPS) is 11.1. The van der Waals surface area contributed by atoms with Crippen molar-refractivity contribution in [2.75, 3.05) is 12.4 Å². The first-order valence-corrected chi connectivity index (χ1v) is 9.96. The van der Waals surface area contributed by atoms with Gasteiger partial charge in [0.1, 0.15) is 10.6 Å². The molecule has 136 valence electrons. The summed E-state index contributed by atoms with van der Waals surface area (Å²) in [6.45, 7) is 7.92. The largest absolute Gasteiger partial charge is 0.465 e. The first-order valence-electron chi connectivity index (χ1n) is 8.16. The van der Waals surface area contributed by atoms with E-state index in [-0.39, 0.29) is 17.3 Å². The number of thioether (sulfide) groups is 1. The molecular weight excluding hydrogens is 370 g/mol. The van der Waals surface area contributed by atoms with E-state index in [2.05, 4.69) is 9.97 Å². The number of nitrogens with zero attached hydrogens (tertiary/aromatic N) is 3. The molecule has 26 heavy (non-hydrogen) atoms. The van der Waals surface area contributed by atoms with E-state index in [0.717, 1.165) is 16.0 Å².